The number of nitrogens with one attached hydrogen (secondary N) is 1. The molecule has 0 spiro atoms. The van der Waals surface area contributed by atoms with Crippen molar-refractivity contribution < 1.29 is 13.2 Å². The molecule has 2 aliphatic heterocycles. The Morgan fingerprint density at radius 3 is 2.23 bits per heavy atom. The third-order valence-electron chi connectivity index (χ3n) is 5.17. The van der Waals surface area contributed by atoms with E-state index in [0.29, 0.717) is 45.6 Å². The molecule has 1 aromatic carbocycles. The van der Waals surface area contributed by atoms with E-state index in [1.54, 1.807) is 20.4 Å². The van der Waals surface area contributed by atoms with Gasteiger partial charge in [-0.15, -0.1) is 11.8 Å². The van der Waals surface area contributed by atoms with Crippen molar-refractivity contribution >= 4 is 27.9 Å². The van der Waals surface area contributed by atoms with E-state index in [-0.39, 0.29) is 11.8 Å². The lowest BCUT2D eigenvalue weighted by Gasteiger charge is -2.33. The highest BCUT2D eigenvalue weighted by Crippen LogP contribution is 2.24. The summed E-state index contributed by atoms with van der Waals surface area (Å²) >= 11 is 1.69. The van der Waals surface area contributed by atoms with E-state index in [2.05, 4.69) is 5.32 Å². The summed E-state index contributed by atoms with van der Waals surface area (Å²) in [5.74, 6) is -0.0809. The average Bonchev–Trinajstić information content (AvgIpc) is 3.22. The van der Waals surface area contributed by atoms with Gasteiger partial charge in [-0.1, -0.05) is 12.1 Å². The van der Waals surface area contributed by atoms with Crippen LogP contribution >= 0.6 is 11.8 Å². The van der Waals surface area contributed by atoms with Gasteiger partial charge >= 0.3 is 0 Å². The highest BCUT2D eigenvalue weighted by atomic mass is 32.2. The van der Waals surface area contributed by atoms with E-state index < -0.39 is 10.2 Å². The molecule has 26 heavy (non-hydrogen) atoms. The molecule has 1 N–H and O–H groups in total. The number of nitrogens with zero attached hydrogens (tertiary/aromatic N) is 2. The first kappa shape index (κ1) is 19.7. The van der Waals surface area contributed by atoms with Crippen molar-refractivity contribution in [3.63, 3.8) is 0 Å². The van der Waals surface area contributed by atoms with Gasteiger partial charge < -0.3 is 5.32 Å². The number of hydrogen-bond acceptors (Lipinski definition) is 4. The SMILES string of the molecule is CSc1ccc(CNC(=O)C2CCN(S(=O)(=O)N3CCCC3)CC2)cc1. The van der Waals surface area contributed by atoms with Gasteiger partial charge in [-0.05, 0) is 49.6 Å². The van der Waals surface area contributed by atoms with Crippen LogP contribution in [0.3, 0.4) is 0 Å². The van der Waals surface area contributed by atoms with Crippen LogP contribution in [-0.2, 0) is 21.5 Å². The maximum atomic E-state index is 12.6. The zero-order valence-electron chi connectivity index (χ0n) is 15.2. The molecule has 3 rings (SSSR count). The molecule has 6 nitrogen and oxygen atoms in total. The monoisotopic (exact) mass is 397 g/mol. The summed E-state index contributed by atoms with van der Waals surface area (Å²) in [4.78, 5) is 13.6. The third-order valence-corrected chi connectivity index (χ3v) is 7.95. The first-order valence-corrected chi connectivity index (χ1v) is 11.8. The van der Waals surface area contributed by atoms with Gasteiger partial charge in [0, 0.05) is 43.5 Å². The fourth-order valence-corrected chi connectivity index (χ4v) is 5.63. The number of amides is 1. The van der Waals surface area contributed by atoms with Crippen LogP contribution in [-0.4, -0.2) is 55.4 Å². The van der Waals surface area contributed by atoms with Crippen molar-refractivity contribution in [2.75, 3.05) is 32.4 Å². The minimum absolute atomic E-state index is 0.0252. The van der Waals surface area contributed by atoms with Gasteiger partial charge in [-0.25, -0.2) is 0 Å². The van der Waals surface area contributed by atoms with E-state index in [4.69, 9.17) is 0 Å². The van der Waals surface area contributed by atoms with Crippen molar-refractivity contribution in [2.45, 2.75) is 37.1 Å². The molecule has 2 aliphatic rings. The van der Waals surface area contributed by atoms with Crippen molar-refractivity contribution in [3.05, 3.63) is 29.8 Å². The molecule has 8 heteroatoms. The van der Waals surface area contributed by atoms with Crippen LogP contribution in [0.25, 0.3) is 0 Å². The second kappa shape index (κ2) is 8.73. The molecule has 0 bridgehead atoms. The van der Waals surface area contributed by atoms with Crippen LogP contribution in [0.4, 0.5) is 0 Å². The van der Waals surface area contributed by atoms with Crippen molar-refractivity contribution in [1.82, 2.24) is 13.9 Å². The summed E-state index contributed by atoms with van der Waals surface area (Å²) in [7, 11) is -3.34. The Balaban J connectivity index is 1.47. The zero-order valence-corrected chi connectivity index (χ0v) is 16.8. The van der Waals surface area contributed by atoms with Crippen LogP contribution in [0.5, 0.6) is 0 Å². The topological polar surface area (TPSA) is 69.7 Å². The van der Waals surface area contributed by atoms with Crippen molar-refractivity contribution in [2.24, 2.45) is 5.92 Å². The maximum absolute atomic E-state index is 12.6. The molecule has 144 valence electrons. The van der Waals surface area contributed by atoms with Gasteiger partial charge in [0.05, 0.1) is 0 Å². The first-order chi connectivity index (χ1) is 12.5. The Bertz CT molecular complexity index is 708. The summed E-state index contributed by atoms with van der Waals surface area (Å²) < 4.78 is 28.3. The molecule has 0 saturated carbocycles. The third kappa shape index (κ3) is 4.60. The van der Waals surface area contributed by atoms with Crippen LogP contribution in [0.2, 0.25) is 0 Å². The van der Waals surface area contributed by atoms with E-state index in [9.17, 15) is 13.2 Å². The van der Waals surface area contributed by atoms with Gasteiger partial charge in [0.25, 0.3) is 10.2 Å². The van der Waals surface area contributed by atoms with E-state index in [1.807, 2.05) is 30.5 Å². The zero-order chi connectivity index (χ0) is 18.6. The molecule has 0 aromatic heterocycles. The van der Waals surface area contributed by atoms with E-state index >= 15 is 0 Å². The number of benzene rings is 1. The lowest BCUT2D eigenvalue weighted by molar-refractivity contribution is -0.126. The predicted octanol–water partition coefficient (Wildman–Crippen LogP) is 2.08. The molecule has 0 aliphatic carbocycles. The summed E-state index contributed by atoms with van der Waals surface area (Å²) in [6.45, 7) is 2.62. The molecule has 0 atom stereocenters. The lowest BCUT2D eigenvalue weighted by atomic mass is 9.97. The Hall–Kier alpha value is -1.09. The van der Waals surface area contributed by atoms with Crippen molar-refractivity contribution in [1.29, 1.82) is 0 Å². The molecule has 1 amide bonds. The number of carbonyl (C=O) groups excluding carboxylic acids is 1. The molecule has 0 unspecified atom stereocenters. The van der Waals surface area contributed by atoms with E-state index in [1.165, 1.54) is 4.90 Å². The van der Waals surface area contributed by atoms with Crippen LogP contribution < -0.4 is 5.32 Å². The normalized spacial score (nSPS) is 20.3. The Morgan fingerprint density at radius 1 is 1.08 bits per heavy atom. The largest absolute Gasteiger partial charge is 0.352 e. The first-order valence-electron chi connectivity index (χ1n) is 9.16. The summed E-state index contributed by atoms with van der Waals surface area (Å²) in [6.07, 6.45) is 5.09. The van der Waals surface area contributed by atoms with Crippen LogP contribution in [0.15, 0.2) is 29.2 Å². The Kier molecular flexibility index (Phi) is 6.60. The Morgan fingerprint density at radius 2 is 1.65 bits per heavy atom. The number of rotatable bonds is 6. The molecule has 2 fully saturated rings. The molecule has 1 aromatic rings. The van der Waals surface area contributed by atoms with Crippen LogP contribution in [0, 0.1) is 5.92 Å². The fraction of sp³-hybridized carbons (Fsp3) is 0.611. The summed E-state index contributed by atoms with van der Waals surface area (Å²) in [6, 6.07) is 8.15. The molecule has 2 heterocycles. The van der Waals surface area contributed by atoms with Gasteiger partial charge in [-0.3, -0.25) is 4.79 Å². The van der Waals surface area contributed by atoms with Gasteiger partial charge in [-0.2, -0.15) is 17.0 Å². The van der Waals surface area contributed by atoms with Crippen molar-refractivity contribution in [3.8, 4) is 0 Å². The average molecular weight is 398 g/mol. The van der Waals surface area contributed by atoms with Crippen LogP contribution in [0.1, 0.15) is 31.2 Å². The summed E-state index contributed by atoms with van der Waals surface area (Å²) in [5, 5.41) is 2.99. The Labute approximate surface area is 160 Å². The van der Waals surface area contributed by atoms with Gasteiger partial charge in [0.15, 0.2) is 0 Å². The highest BCUT2D eigenvalue weighted by Gasteiger charge is 2.35. The number of piperidine rings is 1. The standard InChI is InChI=1S/C18H27N3O3S2/c1-25-17-6-4-15(5-7-17)14-19-18(22)16-8-12-21(13-9-16)26(23,24)20-10-2-3-11-20/h4-7,16H,2-3,8-14H2,1H3,(H,19,22). The number of hydrogen-bond donors (Lipinski definition) is 1. The molecule has 2 saturated heterocycles. The van der Waals surface area contributed by atoms with Gasteiger partial charge in [0.1, 0.15) is 0 Å². The maximum Gasteiger partial charge on any atom is 0.281 e. The quantitative estimate of drug-likeness (QED) is 0.746. The minimum Gasteiger partial charge on any atom is -0.352 e. The second-order valence-electron chi connectivity index (χ2n) is 6.85. The predicted molar refractivity (Wildman–Crippen MR) is 104 cm³/mol. The number of carbonyl (C=O) groups is 1. The number of thioether (sulfide) groups is 1. The van der Waals surface area contributed by atoms with E-state index in [0.717, 1.165) is 18.4 Å². The molecule has 0 radical (unpaired) electrons. The highest BCUT2D eigenvalue weighted by molar-refractivity contribution is 7.98. The lowest BCUT2D eigenvalue weighted by Crippen LogP contribution is -2.48. The smallest absolute Gasteiger partial charge is 0.281 e. The summed E-state index contributed by atoms with van der Waals surface area (Å²) in [5.41, 5.74) is 1.07. The van der Waals surface area contributed by atoms with Gasteiger partial charge in [0.2, 0.25) is 5.91 Å². The fourth-order valence-electron chi connectivity index (χ4n) is 3.51. The molecular formula is C18H27N3O3S2. The minimum atomic E-state index is -3.34. The molecular weight excluding hydrogens is 370 g/mol. The second-order valence-corrected chi connectivity index (χ2v) is 9.66.